The van der Waals surface area contributed by atoms with Crippen LogP contribution in [0.25, 0.3) is 22.2 Å². The number of benzene rings is 2. The van der Waals surface area contributed by atoms with Crippen molar-refractivity contribution < 1.29 is 50.1 Å². The van der Waals surface area contributed by atoms with Gasteiger partial charge in [0.05, 0.1) is 12.2 Å². The average molecular weight is 640 g/mol. The highest BCUT2D eigenvalue weighted by Gasteiger charge is 2.59. The minimum Gasteiger partial charge on any atom is -0.488 e. The molecule has 2 aliphatic rings. The van der Waals surface area contributed by atoms with Gasteiger partial charge in [0.25, 0.3) is 5.91 Å². The zero-order valence-corrected chi connectivity index (χ0v) is 23.3. The van der Waals surface area contributed by atoms with Crippen LogP contribution in [-0.4, -0.2) is 51.5 Å². The summed E-state index contributed by atoms with van der Waals surface area (Å²) in [5, 5.41) is 18.5. The topological polar surface area (TPSA) is 125 Å². The van der Waals surface area contributed by atoms with Crippen LogP contribution >= 0.6 is 0 Å². The zero-order chi connectivity index (χ0) is 32.5. The molecule has 9 nitrogen and oxygen atoms in total. The molecule has 0 saturated heterocycles. The smallest absolute Gasteiger partial charge is 0.488 e. The molecule has 16 heteroatoms. The van der Waals surface area contributed by atoms with Crippen LogP contribution < -0.4 is 20.5 Å². The fourth-order valence-electron chi connectivity index (χ4n) is 5.41. The van der Waals surface area contributed by atoms with Crippen LogP contribution in [0.5, 0.6) is 11.5 Å². The van der Waals surface area contributed by atoms with Gasteiger partial charge < -0.3 is 25.6 Å². The molecule has 2 aromatic carbocycles. The van der Waals surface area contributed by atoms with Crippen LogP contribution in [0.1, 0.15) is 34.5 Å². The van der Waals surface area contributed by atoms with Crippen molar-refractivity contribution in [3.05, 3.63) is 71.3 Å². The third-order valence-electron chi connectivity index (χ3n) is 7.91. The number of halogens is 7. The Labute approximate surface area is 249 Å². The number of rotatable bonds is 7. The first-order chi connectivity index (χ1) is 21.0. The summed E-state index contributed by atoms with van der Waals surface area (Å²) in [6.07, 6.45) is -7.80. The number of aryl methyl sites for hydroxylation is 1. The van der Waals surface area contributed by atoms with Gasteiger partial charge in [-0.05, 0) is 61.2 Å². The highest BCUT2D eigenvalue weighted by atomic mass is 19.4. The van der Waals surface area contributed by atoms with E-state index in [1.807, 2.05) is 0 Å². The van der Waals surface area contributed by atoms with Crippen molar-refractivity contribution in [1.29, 1.82) is 0 Å². The van der Waals surface area contributed by atoms with E-state index in [4.69, 9.17) is 10.5 Å². The molecule has 1 aliphatic heterocycles. The molecule has 1 fully saturated rings. The number of pyridine rings is 1. The second kappa shape index (κ2) is 10.3. The molecule has 0 bridgehead atoms. The minimum absolute atomic E-state index is 0.125. The number of nitrogens with one attached hydrogen (secondary N) is 1. The second-order valence-corrected chi connectivity index (χ2v) is 11.1. The van der Waals surface area contributed by atoms with Gasteiger partial charge in [0.1, 0.15) is 29.2 Å². The number of aliphatic hydroxyl groups is 1. The van der Waals surface area contributed by atoms with Crippen molar-refractivity contribution in [1.82, 2.24) is 20.1 Å². The Hall–Kier alpha value is -4.44. The van der Waals surface area contributed by atoms with Crippen molar-refractivity contribution in [2.45, 2.75) is 36.5 Å². The maximum absolute atomic E-state index is 14.2. The molecule has 4 N–H and O–H groups in total. The van der Waals surface area contributed by atoms with E-state index in [-0.39, 0.29) is 39.2 Å². The number of amides is 1. The van der Waals surface area contributed by atoms with Gasteiger partial charge in [-0.25, -0.2) is 9.37 Å². The quantitative estimate of drug-likeness (QED) is 0.248. The summed E-state index contributed by atoms with van der Waals surface area (Å²) in [6, 6.07) is 7.83. The first kappa shape index (κ1) is 30.6. The molecule has 45 heavy (non-hydrogen) atoms. The van der Waals surface area contributed by atoms with E-state index in [1.54, 1.807) is 0 Å². The molecule has 1 saturated carbocycles. The summed E-state index contributed by atoms with van der Waals surface area (Å²) >= 11 is 0. The molecule has 238 valence electrons. The zero-order valence-electron chi connectivity index (χ0n) is 23.3. The van der Waals surface area contributed by atoms with Gasteiger partial charge in [0.15, 0.2) is 17.0 Å². The summed E-state index contributed by atoms with van der Waals surface area (Å²) in [4.78, 5) is 17.7. The lowest BCUT2D eigenvalue weighted by Crippen LogP contribution is -2.52. The maximum Gasteiger partial charge on any atom is 0.573 e. The monoisotopic (exact) mass is 639 g/mol. The number of fused-ring (bicyclic) bond motifs is 2. The highest BCUT2D eigenvalue weighted by molar-refractivity contribution is 5.99. The molecular formula is C29H24F7N5O4. The molecular weight excluding hydrogens is 615 g/mol. The number of carbonyl (C=O) groups is 1. The standard InChI is InChI=1S/C29H24F7N5O4/c1-41-11-16-8-15(9-20(22(16)40-41)45-29(34,35)36)25(42)38-12-26(43,17-4-5-17)21-10-19-24(44-13-27(19,37)28(31,32)33)23(39-21)14-2-6-18(30)7-3-14/h2-3,6-11,17,43H,4-5,12-13,37H2,1H3,(H,38,42)/t26-,27+/m1/s1. The number of ether oxygens (including phenoxy) is 2. The van der Waals surface area contributed by atoms with E-state index in [1.165, 1.54) is 36.1 Å². The molecule has 0 spiro atoms. The van der Waals surface area contributed by atoms with Gasteiger partial charge in [-0.15, -0.1) is 13.2 Å². The summed E-state index contributed by atoms with van der Waals surface area (Å²) in [5.41, 5.74) is -0.246. The number of hydrogen-bond acceptors (Lipinski definition) is 7. The van der Waals surface area contributed by atoms with Crippen molar-refractivity contribution in [2.24, 2.45) is 18.7 Å². The fraction of sp³-hybridized carbons (Fsp3) is 0.345. The fourth-order valence-corrected chi connectivity index (χ4v) is 5.41. The van der Waals surface area contributed by atoms with Gasteiger partial charge in [0, 0.05) is 35.3 Å². The Kier molecular flexibility index (Phi) is 7.00. The van der Waals surface area contributed by atoms with Gasteiger partial charge in [-0.2, -0.15) is 18.3 Å². The Morgan fingerprint density at radius 1 is 1.16 bits per heavy atom. The lowest BCUT2D eigenvalue weighted by molar-refractivity contribution is -0.274. The molecule has 3 heterocycles. The average Bonchev–Trinajstić information content (AvgIpc) is 3.66. The Morgan fingerprint density at radius 2 is 1.84 bits per heavy atom. The molecule has 2 atom stereocenters. The largest absolute Gasteiger partial charge is 0.573 e. The van der Waals surface area contributed by atoms with E-state index in [2.05, 4.69) is 20.1 Å². The third kappa shape index (κ3) is 5.52. The van der Waals surface area contributed by atoms with E-state index in [0.717, 1.165) is 24.3 Å². The number of alkyl halides is 6. The van der Waals surface area contributed by atoms with Crippen LogP contribution in [0.3, 0.4) is 0 Å². The van der Waals surface area contributed by atoms with Crippen LogP contribution in [0.4, 0.5) is 30.7 Å². The van der Waals surface area contributed by atoms with Gasteiger partial charge in [-0.3, -0.25) is 9.48 Å². The molecule has 0 unspecified atom stereocenters. The summed E-state index contributed by atoms with van der Waals surface area (Å²) in [7, 11) is 1.47. The van der Waals surface area contributed by atoms with Crippen LogP contribution in [0.2, 0.25) is 0 Å². The summed E-state index contributed by atoms with van der Waals surface area (Å²) in [5.74, 6) is -3.07. The maximum atomic E-state index is 14.2. The van der Waals surface area contributed by atoms with Crippen LogP contribution in [-0.2, 0) is 18.2 Å². The van der Waals surface area contributed by atoms with Crippen LogP contribution in [0, 0.1) is 11.7 Å². The SMILES string of the molecule is Cn1cc2cc(C(=O)NC[C@](O)(c3cc4c(c(-c5ccc(F)cc5)n3)OC[C@@]4(N)C(F)(F)F)C3CC3)cc(OC(F)(F)F)c2n1. The Morgan fingerprint density at radius 3 is 2.47 bits per heavy atom. The lowest BCUT2D eigenvalue weighted by Gasteiger charge is -2.31. The van der Waals surface area contributed by atoms with Crippen LogP contribution in [0.15, 0.2) is 48.7 Å². The van der Waals surface area contributed by atoms with Gasteiger partial charge in [0.2, 0.25) is 0 Å². The number of carbonyl (C=O) groups excluding carboxylic acids is 1. The summed E-state index contributed by atoms with van der Waals surface area (Å²) in [6.45, 7) is -1.54. The highest BCUT2D eigenvalue weighted by Crippen LogP contribution is 2.52. The number of aromatic nitrogens is 3. The van der Waals surface area contributed by atoms with Crippen molar-refractivity contribution in [3.8, 4) is 22.8 Å². The number of nitrogens with two attached hydrogens (primary N) is 1. The van der Waals surface area contributed by atoms with Crippen molar-refractivity contribution in [3.63, 3.8) is 0 Å². The minimum atomic E-state index is -5.08. The predicted molar refractivity (Wildman–Crippen MR) is 143 cm³/mol. The third-order valence-corrected chi connectivity index (χ3v) is 7.91. The van der Waals surface area contributed by atoms with E-state index in [0.29, 0.717) is 12.8 Å². The van der Waals surface area contributed by atoms with Gasteiger partial charge in [-0.1, -0.05) is 0 Å². The molecule has 1 aliphatic carbocycles. The van der Waals surface area contributed by atoms with Gasteiger partial charge >= 0.3 is 12.5 Å². The van der Waals surface area contributed by atoms with E-state index < -0.39 is 65.8 Å². The lowest BCUT2D eigenvalue weighted by atomic mass is 9.86. The second-order valence-electron chi connectivity index (χ2n) is 11.1. The normalized spacial score (nSPS) is 19.6. The van der Waals surface area contributed by atoms with Crippen molar-refractivity contribution >= 4 is 16.8 Å². The van der Waals surface area contributed by atoms with Crippen molar-refractivity contribution in [2.75, 3.05) is 13.2 Å². The number of hydrogen-bond donors (Lipinski definition) is 3. The summed E-state index contributed by atoms with van der Waals surface area (Å²) < 4.78 is 106. The first-order valence-electron chi connectivity index (χ1n) is 13.5. The molecule has 0 radical (unpaired) electrons. The molecule has 6 rings (SSSR count). The molecule has 1 amide bonds. The predicted octanol–water partition coefficient (Wildman–Crippen LogP) is 4.81. The molecule has 4 aromatic rings. The van der Waals surface area contributed by atoms with E-state index >= 15 is 0 Å². The Balaban J connectivity index is 1.39. The number of nitrogens with zero attached hydrogens (tertiary/aromatic N) is 3. The Bertz CT molecular complexity index is 1800. The molecule has 2 aromatic heterocycles. The van der Waals surface area contributed by atoms with E-state index in [9.17, 15) is 40.6 Å². The first-order valence-corrected chi connectivity index (χ1v) is 13.5.